The summed E-state index contributed by atoms with van der Waals surface area (Å²) in [5.41, 5.74) is 2.91. The fourth-order valence-electron chi connectivity index (χ4n) is 1.63. The van der Waals surface area contributed by atoms with Crippen LogP contribution in [0, 0.1) is 18.3 Å². The molecule has 0 N–H and O–H groups in total. The lowest BCUT2D eigenvalue weighted by molar-refractivity contribution is 0.863. The minimum absolute atomic E-state index is 0.802. The Hall–Kier alpha value is -1.49. The zero-order chi connectivity index (χ0) is 10.6. The molecule has 74 valence electrons. The lowest BCUT2D eigenvalue weighted by Gasteiger charge is -2.22. The van der Waals surface area contributed by atoms with Gasteiger partial charge in [-0.05, 0) is 32.4 Å². The first-order valence-electron chi connectivity index (χ1n) is 4.99. The van der Waals surface area contributed by atoms with Gasteiger partial charge in [0.2, 0.25) is 0 Å². The predicted octanol–water partition coefficient (Wildman–Crippen LogP) is 2.71. The molecule has 0 spiro atoms. The summed E-state index contributed by atoms with van der Waals surface area (Å²) in [6.07, 6.45) is 0. The Labute approximate surface area is 85.8 Å². The second-order valence-electron chi connectivity index (χ2n) is 3.25. The normalized spacial score (nSPS) is 9.57. The van der Waals surface area contributed by atoms with Crippen molar-refractivity contribution in [3.05, 3.63) is 29.3 Å². The minimum Gasteiger partial charge on any atom is -0.371 e. The predicted molar refractivity (Wildman–Crippen MR) is 59.5 cm³/mol. The molecule has 0 saturated heterocycles. The second kappa shape index (κ2) is 4.66. The number of nitrogens with zero attached hydrogens (tertiary/aromatic N) is 2. The van der Waals surface area contributed by atoms with Crippen molar-refractivity contribution >= 4 is 5.69 Å². The summed E-state index contributed by atoms with van der Waals surface area (Å²) < 4.78 is 0. The molecule has 2 nitrogen and oxygen atoms in total. The zero-order valence-electron chi connectivity index (χ0n) is 9.04. The van der Waals surface area contributed by atoms with Crippen molar-refractivity contribution in [1.29, 1.82) is 5.26 Å². The van der Waals surface area contributed by atoms with E-state index in [4.69, 9.17) is 5.26 Å². The molecule has 0 aromatic heterocycles. The van der Waals surface area contributed by atoms with Gasteiger partial charge in [0, 0.05) is 13.1 Å². The van der Waals surface area contributed by atoms with Gasteiger partial charge in [-0.1, -0.05) is 12.1 Å². The maximum absolute atomic E-state index is 9.06. The molecular formula is C12H16N2. The van der Waals surface area contributed by atoms with Crippen LogP contribution >= 0.6 is 0 Å². The van der Waals surface area contributed by atoms with Crippen LogP contribution in [0.2, 0.25) is 0 Å². The molecule has 0 aliphatic heterocycles. The number of nitriles is 1. The van der Waals surface area contributed by atoms with E-state index in [1.165, 1.54) is 0 Å². The Bertz CT molecular complexity index is 346. The molecule has 2 heteroatoms. The van der Waals surface area contributed by atoms with Gasteiger partial charge in [0.1, 0.15) is 6.07 Å². The SMILES string of the molecule is CCN(CC)c1cccc(C)c1C#N. The smallest absolute Gasteiger partial charge is 0.102 e. The first kappa shape index (κ1) is 10.6. The van der Waals surface area contributed by atoms with Crippen molar-refractivity contribution in [2.75, 3.05) is 18.0 Å². The molecule has 1 rings (SSSR count). The van der Waals surface area contributed by atoms with E-state index in [0.29, 0.717) is 0 Å². The Morgan fingerprint density at radius 2 is 1.93 bits per heavy atom. The third kappa shape index (κ3) is 1.88. The standard InChI is InChI=1S/C12H16N2/c1-4-14(5-2)12-8-6-7-10(3)11(12)9-13/h6-8H,4-5H2,1-3H3. The molecule has 0 unspecified atom stereocenters. The fourth-order valence-corrected chi connectivity index (χ4v) is 1.63. The highest BCUT2D eigenvalue weighted by molar-refractivity contribution is 5.62. The maximum Gasteiger partial charge on any atom is 0.102 e. The largest absolute Gasteiger partial charge is 0.371 e. The Kier molecular flexibility index (Phi) is 3.53. The monoisotopic (exact) mass is 188 g/mol. The highest BCUT2D eigenvalue weighted by Crippen LogP contribution is 2.22. The highest BCUT2D eigenvalue weighted by atomic mass is 15.1. The van der Waals surface area contributed by atoms with Crippen LogP contribution in [0.5, 0.6) is 0 Å². The summed E-state index contributed by atoms with van der Waals surface area (Å²) in [6.45, 7) is 8.06. The number of anilines is 1. The summed E-state index contributed by atoms with van der Waals surface area (Å²) in [5.74, 6) is 0. The molecule has 0 saturated carbocycles. The average Bonchev–Trinajstić information content (AvgIpc) is 2.20. The Morgan fingerprint density at radius 3 is 2.43 bits per heavy atom. The Morgan fingerprint density at radius 1 is 1.29 bits per heavy atom. The van der Waals surface area contributed by atoms with Crippen molar-refractivity contribution in [3.8, 4) is 6.07 Å². The van der Waals surface area contributed by atoms with Crippen LogP contribution < -0.4 is 4.90 Å². The second-order valence-corrected chi connectivity index (χ2v) is 3.25. The molecule has 1 aromatic rings. The lowest BCUT2D eigenvalue weighted by atomic mass is 10.1. The van der Waals surface area contributed by atoms with Gasteiger partial charge in [0.25, 0.3) is 0 Å². The van der Waals surface area contributed by atoms with E-state index >= 15 is 0 Å². The Balaban J connectivity index is 3.20. The topological polar surface area (TPSA) is 27.0 Å². The van der Waals surface area contributed by atoms with Gasteiger partial charge >= 0.3 is 0 Å². The highest BCUT2D eigenvalue weighted by Gasteiger charge is 2.09. The van der Waals surface area contributed by atoms with Gasteiger partial charge in [0.15, 0.2) is 0 Å². The van der Waals surface area contributed by atoms with Crippen LogP contribution in [-0.4, -0.2) is 13.1 Å². The van der Waals surface area contributed by atoms with E-state index < -0.39 is 0 Å². The lowest BCUT2D eigenvalue weighted by Crippen LogP contribution is -2.22. The quantitative estimate of drug-likeness (QED) is 0.729. The maximum atomic E-state index is 9.06. The molecule has 0 bridgehead atoms. The van der Waals surface area contributed by atoms with Crippen LogP contribution in [0.3, 0.4) is 0 Å². The van der Waals surface area contributed by atoms with Crippen molar-refractivity contribution < 1.29 is 0 Å². The minimum atomic E-state index is 0.802. The molecule has 0 radical (unpaired) electrons. The van der Waals surface area contributed by atoms with Crippen LogP contribution in [-0.2, 0) is 0 Å². The molecule has 0 aliphatic carbocycles. The molecule has 14 heavy (non-hydrogen) atoms. The third-order valence-corrected chi connectivity index (χ3v) is 2.47. The molecule has 0 heterocycles. The van der Waals surface area contributed by atoms with Crippen molar-refractivity contribution in [1.82, 2.24) is 0 Å². The van der Waals surface area contributed by atoms with Gasteiger partial charge in [-0.15, -0.1) is 0 Å². The average molecular weight is 188 g/mol. The number of aryl methyl sites for hydroxylation is 1. The van der Waals surface area contributed by atoms with Crippen molar-refractivity contribution in [2.24, 2.45) is 0 Å². The van der Waals surface area contributed by atoms with Crippen LogP contribution in [0.1, 0.15) is 25.0 Å². The van der Waals surface area contributed by atoms with Crippen molar-refractivity contribution in [3.63, 3.8) is 0 Å². The van der Waals surface area contributed by atoms with Gasteiger partial charge in [-0.25, -0.2) is 0 Å². The van der Waals surface area contributed by atoms with Crippen LogP contribution in [0.15, 0.2) is 18.2 Å². The van der Waals surface area contributed by atoms with Crippen molar-refractivity contribution in [2.45, 2.75) is 20.8 Å². The summed E-state index contributed by atoms with van der Waals surface area (Å²) in [4.78, 5) is 2.20. The summed E-state index contributed by atoms with van der Waals surface area (Å²) in [7, 11) is 0. The molecule has 0 atom stereocenters. The van der Waals surface area contributed by atoms with E-state index in [-0.39, 0.29) is 0 Å². The van der Waals surface area contributed by atoms with Crippen LogP contribution in [0.4, 0.5) is 5.69 Å². The molecule has 0 amide bonds. The number of benzene rings is 1. The van der Waals surface area contributed by atoms with E-state index in [1.807, 2.05) is 25.1 Å². The van der Waals surface area contributed by atoms with E-state index in [9.17, 15) is 0 Å². The fraction of sp³-hybridized carbons (Fsp3) is 0.417. The van der Waals surface area contributed by atoms with E-state index in [1.54, 1.807) is 0 Å². The number of hydrogen-bond donors (Lipinski definition) is 0. The molecular weight excluding hydrogens is 172 g/mol. The van der Waals surface area contributed by atoms with E-state index in [2.05, 4.69) is 24.8 Å². The third-order valence-electron chi connectivity index (χ3n) is 2.47. The van der Waals surface area contributed by atoms with Gasteiger partial charge in [-0.2, -0.15) is 5.26 Å². The molecule has 0 fully saturated rings. The van der Waals surface area contributed by atoms with Gasteiger partial charge in [0.05, 0.1) is 11.3 Å². The molecule has 1 aromatic carbocycles. The van der Waals surface area contributed by atoms with Crippen LogP contribution in [0.25, 0.3) is 0 Å². The zero-order valence-corrected chi connectivity index (χ0v) is 9.04. The molecule has 0 aliphatic rings. The first-order valence-corrected chi connectivity index (χ1v) is 4.99. The van der Waals surface area contributed by atoms with Gasteiger partial charge < -0.3 is 4.90 Å². The first-order chi connectivity index (χ1) is 6.74. The summed E-state index contributed by atoms with van der Waals surface area (Å²) >= 11 is 0. The number of hydrogen-bond acceptors (Lipinski definition) is 2. The summed E-state index contributed by atoms with van der Waals surface area (Å²) in [6, 6.07) is 8.27. The number of rotatable bonds is 3. The van der Waals surface area contributed by atoms with E-state index in [0.717, 1.165) is 29.9 Å². The van der Waals surface area contributed by atoms with Gasteiger partial charge in [-0.3, -0.25) is 0 Å². The summed E-state index contributed by atoms with van der Waals surface area (Å²) in [5, 5.41) is 9.06.